The van der Waals surface area contributed by atoms with Crippen molar-refractivity contribution in [2.45, 2.75) is 13.0 Å². The fourth-order valence-electron chi connectivity index (χ4n) is 2.64. The minimum Gasteiger partial charge on any atom is -0.375 e. The molecule has 0 fully saturated rings. The van der Waals surface area contributed by atoms with E-state index in [4.69, 9.17) is 10.1 Å². The summed E-state index contributed by atoms with van der Waals surface area (Å²) < 4.78 is 7.96. The number of hydrogen-bond acceptors (Lipinski definition) is 6. The van der Waals surface area contributed by atoms with E-state index in [-0.39, 0.29) is 5.49 Å². The third-order valence-electron chi connectivity index (χ3n) is 3.73. The van der Waals surface area contributed by atoms with Crippen LogP contribution in [0.15, 0.2) is 23.7 Å². The normalized spacial score (nSPS) is 13.8. The molecule has 7 heteroatoms. The van der Waals surface area contributed by atoms with Crippen LogP contribution in [0.1, 0.15) is 16.8 Å². The van der Waals surface area contributed by atoms with Gasteiger partial charge in [-0.25, -0.2) is 9.67 Å². The number of fused-ring (bicyclic) bond motifs is 2. The average Bonchev–Trinajstić information content (AvgIpc) is 3.02. The molecule has 22 heavy (non-hydrogen) atoms. The van der Waals surface area contributed by atoms with E-state index in [1.54, 1.807) is 5.51 Å². The zero-order valence-electron chi connectivity index (χ0n) is 11.5. The number of nitriles is 1. The molecule has 0 radical (unpaired) electrons. The van der Waals surface area contributed by atoms with Crippen molar-refractivity contribution in [3.05, 3.63) is 46.0 Å². The van der Waals surface area contributed by atoms with E-state index in [1.807, 2.05) is 18.2 Å². The van der Waals surface area contributed by atoms with Gasteiger partial charge in [-0.05, 0) is 24.6 Å². The lowest BCUT2D eigenvalue weighted by molar-refractivity contribution is 0.106. The molecule has 0 aliphatic carbocycles. The largest absolute Gasteiger partial charge is 0.375 e. The van der Waals surface area contributed by atoms with E-state index in [0.717, 1.165) is 27.2 Å². The van der Waals surface area contributed by atoms with Gasteiger partial charge in [-0.15, -0.1) is 11.3 Å². The monoisotopic (exact) mass is 309 g/mol. The molecule has 108 valence electrons. The summed E-state index contributed by atoms with van der Waals surface area (Å²) in [5, 5.41) is 22.3. The summed E-state index contributed by atoms with van der Waals surface area (Å²) in [4.78, 5) is 4.25. The van der Waals surface area contributed by atoms with Gasteiger partial charge in [-0.1, -0.05) is 0 Å². The van der Waals surface area contributed by atoms with Crippen molar-refractivity contribution in [2.75, 3.05) is 6.61 Å². The maximum absolute atomic E-state index is 9.42. The smallest absolute Gasteiger partial charge is 0.164 e. The van der Waals surface area contributed by atoms with E-state index in [1.165, 1.54) is 16.0 Å². The fourth-order valence-corrected chi connectivity index (χ4v) is 3.35. The molecule has 1 aromatic carbocycles. The second-order valence-electron chi connectivity index (χ2n) is 4.98. The van der Waals surface area contributed by atoms with Crippen LogP contribution in [0.4, 0.5) is 0 Å². The molecule has 4 rings (SSSR count). The zero-order valence-corrected chi connectivity index (χ0v) is 12.4. The maximum atomic E-state index is 9.42. The molecular formula is C15H11N5OS. The van der Waals surface area contributed by atoms with Crippen LogP contribution in [0.5, 0.6) is 0 Å². The second kappa shape index (κ2) is 5.02. The van der Waals surface area contributed by atoms with E-state index in [2.05, 4.69) is 16.2 Å². The number of hydrogen-bond donors (Lipinski definition) is 1. The van der Waals surface area contributed by atoms with Gasteiger partial charge in [0.2, 0.25) is 0 Å². The molecule has 3 heterocycles. The Hall–Kier alpha value is -2.56. The van der Waals surface area contributed by atoms with Crippen molar-refractivity contribution in [3.8, 4) is 11.8 Å². The highest BCUT2D eigenvalue weighted by Crippen LogP contribution is 2.22. The third-order valence-corrected chi connectivity index (χ3v) is 4.52. The first-order valence-electron chi connectivity index (χ1n) is 6.79. The van der Waals surface area contributed by atoms with Crippen LogP contribution in [-0.2, 0) is 17.8 Å². The molecule has 0 spiro atoms. The highest BCUT2D eigenvalue weighted by Gasteiger charge is 2.19. The molecule has 6 nitrogen and oxygen atoms in total. The van der Waals surface area contributed by atoms with Crippen LogP contribution in [0.25, 0.3) is 15.9 Å². The summed E-state index contributed by atoms with van der Waals surface area (Å²) >= 11 is 1.54. The second-order valence-corrected chi connectivity index (χ2v) is 5.87. The van der Waals surface area contributed by atoms with Crippen molar-refractivity contribution in [1.29, 1.82) is 10.7 Å². The number of aromatic nitrogens is 3. The molecule has 1 aliphatic heterocycles. The number of nitrogens with zero attached hydrogens (tertiary/aromatic N) is 4. The Kier molecular flexibility index (Phi) is 2.99. The van der Waals surface area contributed by atoms with Crippen molar-refractivity contribution in [1.82, 2.24) is 14.8 Å². The van der Waals surface area contributed by atoms with Crippen LogP contribution in [0, 0.1) is 16.7 Å². The van der Waals surface area contributed by atoms with E-state index < -0.39 is 0 Å². The Morgan fingerprint density at radius 3 is 3.18 bits per heavy atom. The van der Waals surface area contributed by atoms with Gasteiger partial charge in [0, 0.05) is 5.56 Å². The molecular weight excluding hydrogens is 298 g/mol. The summed E-state index contributed by atoms with van der Waals surface area (Å²) in [5.74, 6) is 0. The average molecular weight is 309 g/mol. The number of ether oxygens (including phenoxy) is 1. The zero-order chi connectivity index (χ0) is 15.1. The predicted molar refractivity (Wildman–Crippen MR) is 80.7 cm³/mol. The van der Waals surface area contributed by atoms with E-state index in [0.29, 0.717) is 25.2 Å². The minimum absolute atomic E-state index is 0.118. The van der Waals surface area contributed by atoms with Gasteiger partial charge in [-0.2, -0.15) is 10.4 Å². The topological polar surface area (TPSA) is 87.6 Å². The minimum atomic E-state index is 0.118. The Labute approximate surface area is 129 Å². The third kappa shape index (κ3) is 1.93. The Bertz CT molecular complexity index is 982. The van der Waals surface area contributed by atoms with E-state index in [9.17, 15) is 5.26 Å². The first kappa shape index (κ1) is 13.1. The number of rotatable bonds is 1. The van der Waals surface area contributed by atoms with Gasteiger partial charge >= 0.3 is 0 Å². The van der Waals surface area contributed by atoms with Crippen molar-refractivity contribution >= 4 is 21.6 Å². The van der Waals surface area contributed by atoms with Crippen molar-refractivity contribution in [2.24, 2.45) is 0 Å². The molecule has 0 amide bonds. The van der Waals surface area contributed by atoms with Crippen molar-refractivity contribution < 1.29 is 4.74 Å². The van der Waals surface area contributed by atoms with Crippen LogP contribution >= 0.6 is 11.3 Å². The highest BCUT2D eigenvalue weighted by atomic mass is 32.1. The van der Waals surface area contributed by atoms with Crippen molar-refractivity contribution in [3.63, 3.8) is 0 Å². The molecule has 0 saturated heterocycles. The Morgan fingerprint density at radius 1 is 1.41 bits per heavy atom. The van der Waals surface area contributed by atoms with Gasteiger partial charge in [0.15, 0.2) is 5.49 Å². The first-order chi connectivity index (χ1) is 10.8. The van der Waals surface area contributed by atoms with Crippen LogP contribution < -0.4 is 5.49 Å². The Balaban J connectivity index is 1.98. The molecule has 2 aromatic heterocycles. The molecule has 0 atom stereocenters. The number of thiazole rings is 1. The summed E-state index contributed by atoms with van der Waals surface area (Å²) in [5.41, 5.74) is 5.55. The standard InChI is InChI=1S/C15H11N5OS/c16-6-11-10-3-4-21-7-13(10)19-20(15(11)17)9-1-2-12-14(5-9)22-8-18-12/h1-2,5,8,17H,3-4,7H2. The van der Waals surface area contributed by atoms with E-state index >= 15 is 0 Å². The first-order valence-corrected chi connectivity index (χ1v) is 7.67. The molecule has 1 aliphatic rings. The molecule has 0 bridgehead atoms. The summed E-state index contributed by atoms with van der Waals surface area (Å²) in [6.07, 6.45) is 0.631. The number of benzene rings is 1. The molecule has 0 saturated carbocycles. The summed E-state index contributed by atoms with van der Waals surface area (Å²) in [6.45, 7) is 0.951. The lowest BCUT2D eigenvalue weighted by Gasteiger charge is -2.19. The van der Waals surface area contributed by atoms with Gasteiger partial charge in [0.1, 0.15) is 11.6 Å². The number of nitrogens with one attached hydrogen (secondary N) is 1. The maximum Gasteiger partial charge on any atom is 0.164 e. The van der Waals surface area contributed by atoms with Gasteiger partial charge in [-0.3, -0.25) is 5.41 Å². The lowest BCUT2D eigenvalue weighted by atomic mass is 10.0. The van der Waals surface area contributed by atoms with Gasteiger partial charge in [0.25, 0.3) is 0 Å². The van der Waals surface area contributed by atoms with Crippen LogP contribution in [0.3, 0.4) is 0 Å². The van der Waals surface area contributed by atoms with Gasteiger partial charge in [0.05, 0.1) is 40.3 Å². The highest BCUT2D eigenvalue weighted by molar-refractivity contribution is 7.16. The molecule has 3 aromatic rings. The predicted octanol–water partition coefficient (Wildman–Crippen LogP) is 1.91. The Morgan fingerprint density at radius 2 is 2.32 bits per heavy atom. The summed E-state index contributed by atoms with van der Waals surface area (Å²) in [6, 6.07) is 7.86. The van der Waals surface area contributed by atoms with Crippen LogP contribution in [-0.4, -0.2) is 21.4 Å². The molecule has 1 N–H and O–H groups in total. The van der Waals surface area contributed by atoms with Gasteiger partial charge < -0.3 is 4.74 Å². The van der Waals surface area contributed by atoms with Crippen LogP contribution in [0.2, 0.25) is 0 Å². The fraction of sp³-hybridized carbons (Fsp3) is 0.200. The SMILES string of the molecule is N#Cc1c2c(nn(-c3ccc4ncsc4c3)c1=N)COCC2. The lowest BCUT2D eigenvalue weighted by Crippen LogP contribution is -2.30. The quantitative estimate of drug-likeness (QED) is 0.743. The summed E-state index contributed by atoms with van der Waals surface area (Å²) in [7, 11) is 0. The molecule has 0 unspecified atom stereocenters.